The highest BCUT2D eigenvalue weighted by molar-refractivity contribution is 4.75. The van der Waals surface area contributed by atoms with Crippen LogP contribution in [0.4, 0.5) is 0 Å². The van der Waals surface area contributed by atoms with Crippen molar-refractivity contribution in [2.45, 2.75) is 19.9 Å². The summed E-state index contributed by atoms with van der Waals surface area (Å²) in [5.41, 5.74) is 0. The molecule has 0 radical (unpaired) electrons. The second kappa shape index (κ2) is 6.56. The molecule has 1 N–H and O–H groups in total. The van der Waals surface area contributed by atoms with E-state index in [4.69, 9.17) is 9.47 Å². The predicted molar refractivity (Wildman–Crippen MR) is 53.1 cm³/mol. The van der Waals surface area contributed by atoms with Crippen molar-refractivity contribution in [1.29, 1.82) is 0 Å². The van der Waals surface area contributed by atoms with Crippen molar-refractivity contribution in [3.8, 4) is 0 Å². The van der Waals surface area contributed by atoms with Gasteiger partial charge in [0, 0.05) is 13.5 Å². The topological polar surface area (TPSA) is 38.1 Å². The van der Waals surface area contributed by atoms with Crippen LogP contribution in [0.1, 0.15) is 12.7 Å². The third-order valence-corrected chi connectivity index (χ3v) is 2.09. The Balaban J connectivity index is 2.17. The van der Waals surface area contributed by atoms with Crippen LogP contribution in [-0.2, 0) is 22.4 Å². The van der Waals surface area contributed by atoms with E-state index in [2.05, 4.69) is 16.5 Å². The van der Waals surface area contributed by atoms with Gasteiger partial charge in [0.2, 0.25) is 0 Å². The van der Waals surface area contributed by atoms with Crippen LogP contribution in [0.2, 0.25) is 0 Å². The van der Waals surface area contributed by atoms with E-state index >= 15 is 0 Å². The second-order valence-corrected chi connectivity index (χ2v) is 3.06. The normalized spacial score (nSPS) is 10.7. The van der Waals surface area contributed by atoms with Crippen LogP contribution < -0.4 is 4.57 Å². The Morgan fingerprint density at radius 1 is 1.36 bits per heavy atom. The largest absolute Gasteiger partial charge is 0.382 e. The van der Waals surface area contributed by atoms with Crippen LogP contribution >= 0.6 is 0 Å². The second-order valence-electron chi connectivity index (χ2n) is 3.06. The quantitative estimate of drug-likeness (QED) is 0.514. The molecule has 0 aliphatic heterocycles. The Bertz CT molecular complexity index is 248. The van der Waals surface area contributed by atoms with Gasteiger partial charge in [0.05, 0.1) is 19.8 Å². The van der Waals surface area contributed by atoms with Crippen LogP contribution in [0.25, 0.3) is 0 Å². The summed E-state index contributed by atoms with van der Waals surface area (Å²) in [5.74, 6) is 1.24. The number of imidazole rings is 1. The monoisotopic (exact) mass is 199 g/mol. The molecule has 1 rings (SSSR count). The Labute approximate surface area is 84.9 Å². The number of hydrogen-bond donors (Lipinski definition) is 1. The van der Waals surface area contributed by atoms with Crippen LogP contribution in [0.15, 0.2) is 12.4 Å². The van der Waals surface area contributed by atoms with Gasteiger partial charge in [-0.15, -0.1) is 0 Å². The van der Waals surface area contributed by atoms with E-state index in [1.54, 1.807) is 7.11 Å². The molecule has 1 aromatic heterocycles. The molecule has 0 bridgehead atoms. The molecule has 0 spiro atoms. The summed E-state index contributed by atoms with van der Waals surface area (Å²) >= 11 is 0. The number of rotatable bonds is 7. The highest BCUT2D eigenvalue weighted by Gasteiger charge is 2.06. The average Bonchev–Trinajstić information content (AvgIpc) is 2.65. The van der Waals surface area contributed by atoms with Gasteiger partial charge in [0.25, 0.3) is 5.82 Å². The maximum Gasteiger partial charge on any atom is 0.253 e. The predicted octanol–water partition coefficient (Wildman–Crippen LogP) is 0.528. The summed E-state index contributed by atoms with van der Waals surface area (Å²) in [5, 5.41) is 0. The fourth-order valence-corrected chi connectivity index (χ4v) is 1.32. The molecule has 0 amide bonds. The third-order valence-electron chi connectivity index (χ3n) is 2.09. The average molecular weight is 199 g/mol. The van der Waals surface area contributed by atoms with E-state index in [0.29, 0.717) is 13.2 Å². The molecule has 0 unspecified atom stereocenters. The molecular formula is C10H19N2O2+. The van der Waals surface area contributed by atoms with E-state index in [1.165, 1.54) is 5.82 Å². The number of H-pyrrole nitrogens is 1. The van der Waals surface area contributed by atoms with E-state index in [-0.39, 0.29) is 0 Å². The zero-order chi connectivity index (χ0) is 10.2. The molecule has 4 heteroatoms. The zero-order valence-corrected chi connectivity index (χ0v) is 8.95. The number of ether oxygens (including phenoxy) is 2. The van der Waals surface area contributed by atoms with Crippen LogP contribution in [0.5, 0.6) is 0 Å². The lowest BCUT2D eigenvalue weighted by Gasteiger charge is -2.02. The minimum atomic E-state index is 0.665. The number of aromatic amines is 1. The summed E-state index contributed by atoms with van der Waals surface area (Å²) in [7, 11) is 1.68. The molecule has 0 aromatic carbocycles. The number of hydrogen-bond acceptors (Lipinski definition) is 2. The highest BCUT2D eigenvalue weighted by Crippen LogP contribution is 1.87. The highest BCUT2D eigenvalue weighted by atomic mass is 16.5. The minimum absolute atomic E-state index is 0.665. The summed E-state index contributed by atoms with van der Waals surface area (Å²) in [6.07, 6.45) is 5.01. The van der Waals surface area contributed by atoms with E-state index in [0.717, 1.165) is 19.6 Å². The van der Waals surface area contributed by atoms with Gasteiger partial charge >= 0.3 is 0 Å². The third kappa shape index (κ3) is 3.47. The summed E-state index contributed by atoms with van der Waals surface area (Å²) in [6, 6.07) is 0. The lowest BCUT2D eigenvalue weighted by Crippen LogP contribution is -2.38. The first-order valence-electron chi connectivity index (χ1n) is 5.00. The van der Waals surface area contributed by atoms with E-state index < -0.39 is 0 Å². The van der Waals surface area contributed by atoms with Crippen molar-refractivity contribution < 1.29 is 14.0 Å². The number of nitrogens with one attached hydrogen (secondary N) is 1. The molecule has 0 aliphatic rings. The van der Waals surface area contributed by atoms with Crippen molar-refractivity contribution in [3.63, 3.8) is 0 Å². The van der Waals surface area contributed by atoms with Gasteiger partial charge in [-0.05, 0) is 0 Å². The lowest BCUT2D eigenvalue weighted by atomic mass is 10.4. The number of aryl methyl sites for hydroxylation is 1. The van der Waals surface area contributed by atoms with Crippen molar-refractivity contribution >= 4 is 0 Å². The Morgan fingerprint density at radius 3 is 2.93 bits per heavy atom. The first-order valence-corrected chi connectivity index (χ1v) is 5.00. The molecule has 14 heavy (non-hydrogen) atoms. The van der Waals surface area contributed by atoms with Crippen molar-refractivity contribution in [1.82, 2.24) is 4.98 Å². The molecule has 0 atom stereocenters. The molecular weight excluding hydrogens is 180 g/mol. The fourth-order valence-electron chi connectivity index (χ4n) is 1.32. The van der Waals surface area contributed by atoms with E-state index in [1.807, 2.05) is 12.4 Å². The van der Waals surface area contributed by atoms with Crippen LogP contribution in [0, 0.1) is 0 Å². The SMILES string of the molecule is CCc1[nH]cc[n+]1CCOCCOC. The van der Waals surface area contributed by atoms with Crippen molar-refractivity contribution in [2.24, 2.45) is 0 Å². The molecule has 80 valence electrons. The van der Waals surface area contributed by atoms with Gasteiger partial charge in [-0.2, -0.15) is 0 Å². The fraction of sp³-hybridized carbons (Fsp3) is 0.700. The lowest BCUT2D eigenvalue weighted by molar-refractivity contribution is -0.704. The molecule has 0 fully saturated rings. The zero-order valence-electron chi connectivity index (χ0n) is 8.95. The van der Waals surface area contributed by atoms with Crippen LogP contribution in [0.3, 0.4) is 0 Å². The number of aromatic nitrogens is 2. The molecule has 0 saturated heterocycles. The first-order chi connectivity index (χ1) is 6.88. The Morgan fingerprint density at radius 2 is 2.21 bits per heavy atom. The van der Waals surface area contributed by atoms with Gasteiger partial charge < -0.3 is 9.47 Å². The van der Waals surface area contributed by atoms with E-state index in [9.17, 15) is 0 Å². The number of methoxy groups -OCH3 is 1. The van der Waals surface area contributed by atoms with Gasteiger partial charge in [-0.3, -0.25) is 0 Å². The number of nitrogens with zero attached hydrogens (tertiary/aromatic N) is 1. The minimum Gasteiger partial charge on any atom is -0.382 e. The maximum absolute atomic E-state index is 5.39. The summed E-state index contributed by atoms with van der Waals surface area (Å²) in [6.45, 7) is 5.10. The van der Waals surface area contributed by atoms with Crippen molar-refractivity contribution in [3.05, 3.63) is 18.2 Å². The molecule has 4 nitrogen and oxygen atoms in total. The van der Waals surface area contributed by atoms with Gasteiger partial charge in [0.15, 0.2) is 0 Å². The van der Waals surface area contributed by atoms with Gasteiger partial charge in [0.1, 0.15) is 18.9 Å². The molecule has 0 aliphatic carbocycles. The molecule has 1 heterocycles. The van der Waals surface area contributed by atoms with Gasteiger partial charge in [-0.1, -0.05) is 6.92 Å². The van der Waals surface area contributed by atoms with Gasteiger partial charge in [-0.25, -0.2) is 9.55 Å². The van der Waals surface area contributed by atoms with Crippen molar-refractivity contribution in [2.75, 3.05) is 26.9 Å². The smallest absolute Gasteiger partial charge is 0.253 e. The first kappa shape index (κ1) is 11.2. The summed E-state index contributed by atoms with van der Waals surface area (Å²) in [4.78, 5) is 3.19. The maximum atomic E-state index is 5.39. The Kier molecular flexibility index (Phi) is 5.25. The standard InChI is InChI=1S/C10H18N2O2/c1-3-10-11-4-5-12(10)6-7-14-9-8-13-2/h4-5H,3,6-9H2,1-2H3/p+1. The summed E-state index contributed by atoms with van der Waals surface area (Å²) < 4.78 is 12.4. The van der Waals surface area contributed by atoms with Crippen LogP contribution in [-0.4, -0.2) is 31.9 Å². The molecule has 0 saturated carbocycles. The Hall–Kier alpha value is -0.870. The molecule has 1 aromatic rings.